The van der Waals surface area contributed by atoms with Gasteiger partial charge in [-0.2, -0.15) is 0 Å². The van der Waals surface area contributed by atoms with Gasteiger partial charge in [-0.25, -0.2) is 0 Å². The van der Waals surface area contributed by atoms with Crippen molar-refractivity contribution in [2.45, 2.75) is 70.2 Å². The Morgan fingerprint density at radius 3 is 1.59 bits per heavy atom. The maximum Gasteiger partial charge on any atom is 0.321 e. The first-order chi connectivity index (χ1) is 17.6. The Labute approximate surface area is 234 Å². The molecule has 0 N–H and O–H groups in total. The fourth-order valence-electron chi connectivity index (χ4n) is 3.56. The Balaban J connectivity index is 3.48. The molecule has 0 aromatic carbocycles. The molecule has 11 nitrogen and oxygen atoms in total. The molecule has 0 aromatic rings. The third-order valence-corrected chi connectivity index (χ3v) is 5.95. The lowest BCUT2D eigenvalue weighted by Gasteiger charge is -2.44. The minimum atomic E-state index is -1.66. The highest BCUT2D eigenvalue weighted by molar-refractivity contribution is 6.27. The van der Waals surface area contributed by atoms with Crippen molar-refractivity contribution in [2.24, 2.45) is 5.92 Å². The van der Waals surface area contributed by atoms with Crippen molar-refractivity contribution >= 4 is 76.3 Å². The highest BCUT2D eigenvalue weighted by atomic mass is 35.5. The molecule has 37 heavy (non-hydrogen) atoms. The summed E-state index contributed by atoms with van der Waals surface area (Å²) in [4.78, 5) is 61.1. The minimum Gasteiger partial charge on any atom is -0.462 e. The Morgan fingerprint density at radius 2 is 1.14 bits per heavy atom. The van der Waals surface area contributed by atoms with Crippen LogP contribution in [0.5, 0.6) is 0 Å². The van der Waals surface area contributed by atoms with Crippen LogP contribution in [0.15, 0.2) is 0 Å². The monoisotopic (exact) mass is 610 g/mol. The van der Waals surface area contributed by atoms with Gasteiger partial charge in [0.1, 0.15) is 36.2 Å². The van der Waals surface area contributed by atoms with Gasteiger partial charge in [0.05, 0.1) is 5.92 Å². The second kappa shape index (κ2) is 17.9. The van der Waals surface area contributed by atoms with Gasteiger partial charge >= 0.3 is 29.8 Å². The lowest BCUT2D eigenvalue weighted by Crippen LogP contribution is -2.63. The van der Waals surface area contributed by atoms with Gasteiger partial charge in [-0.05, 0) is 12.8 Å². The second-order valence-electron chi connectivity index (χ2n) is 7.84. The van der Waals surface area contributed by atoms with E-state index in [1.807, 2.05) is 13.8 Å². The van der Waals surface area contributed by atoms with E-state index in [9.17, 15) is 24.0 Å². The average molecular weight is 612 g/mol. The van der Waals surface area contributed by atoms with Gasteiger partial charge in [-0.3, -0.25) is 24.0 Å². The summed E-state index contributed by atoms with van der Waals surface area (Å²) in [5, 5.41) is 0. The van der Waals surface area contributed by atoms with E-state index >= 15 is 0 Å². The molecular weight excluding hydrogens is 582 g/mol. The molecule has 0 unspecified atom stereocenters. The zero-order valence-corrected chi connectivity index (χ0v) is 23.4. The van der Waals surface area contributed by atoms with Gasteiger partial charge in [-0.15, -0.1) is 46.4 Å². The summed E-state index contributed by atoms with van der Waals surface area (Å²) >= 11 is 22.2. The maximum absolute atomic E-state index is 13.0. The van der Waals surface area contributed by atoms with E-state index in [-0.39, 0.29) is 0 Å². The first-order valence-electron chi connectivity index (χ1n) is 11.5. The third kappa shape index (κ3) is 11.0. The normalized spacial score (nSPS) is 23.2. The summed E-state index contributed by atoms with van der Waals surface area (Å²) in [6.45, 7) is 3.24. The number of carbonyl (C=O) groups is 5. The summed E-state index contributed by atoms with van der Waals surface area (Å²) in [5.41, 5.74) is 0. The number of hydrogen-bond acceptors (Lipinski definition) is 11. The topological polar surface area (TPSA) is 141 Å². The molecule has 0 aliphatic carbocycles. The predicted octanol–water partition coefficient (Wildman–Crippen LogP) is 2.70. The van der Waals surface area contributed by atoms with Crippen LogP contribution in [0.1, 0.15) is 39.5 Å². The minimum absolute atomic E-state index is 0.492. The number of rotatable bonds is 15. The number of ether oxygens (including phenoxy) is 6. The zero-order valence-electron chi connectivity index (χ0n) is 20.3. The fraction of sp³-hybridized carbons (Fsp3) is 0.773. The van der Waals surface area contributed by atoms with Crippen molar-refractivity contribution in [3.05, 3.63) is 0 Å². The highest BCUT2D eigenvalue weighted by Crippen LogP contribution is 2.31. The molecule has 1 heterocycles. The molecule has 1 aliphatic heterocycles. The summed E-state index contributed by atoms with van der Waals surface area (Å²) in [5.74, 6) is -7.21. The van der Waals surface area contributed by atoms with Crippen LogP contribution in [0, 0.1) is 5.92 Å². The van der Waals surface area contributed by atoms with Crippen LogP contribution >= 0.6 is 46.4 Å². The molecule has 1 rings (SSSR count). The van der Waals surface area contributed by atoms with Gasteiger partial charge in [0, 0.05) is 0 Å². The van der Waals surface area contributed by atoms with Crippen LogP contribution in [0.4, 0.5) is 0 Å². The van der Waals surface area contributed by atoms with E-state index < -0.39 is 96.6 Å². The van der Waals surface area contributed by atoms with E-state index in [1.165, 1.54) is 0 Å². The molecule has 0 spiro atoms. The molecule has 1 saturated heterocycles. The summed E-state index contributed by atoms with van der Waals surface area (Å²) in [7, 11) is 0. The lowest BCUT2D eigenvalue weighted by molar-refractivity contribution is -0.301. The molecular formula is C22H30Cl4O11. The largest absolute Gasteiger partial charge is 0.462 e. The van der Waals surface area contributed by atoms with Crippen molar-refractivity contribution in [3.8, 4) is 0 Å². The summed E-state index contributed by atoms with van der Waals surface area (Å²) < 4.78 is 32.3. The predicted molar refractivity (Wildman–Crippen MR) is 132 cm³/mol. The van der Waals surface area contributed by atoms with E-state index in [2.05, 4.69) is 0 Å². The number of alkyl halides is 4. The average Bonchev–Trinajstić information content (AvgIpc) is 2.89. The standard InChI is InChI=1S/C22H30Cl4O11/c1-3-5-12(6-4-2)21(31)37-22-20(36-17(30)10-26)19(35-16(29)9-25)18(34-15(28)8-24)13(33-22)11-32-14(27)7-23/h12-13,18-20,22H,3-11H2,1-2H3/t13-,18-,19+,20-,22+/m1/s1. The van der Waals surface area contributed by atoms with Crippen molar-refractivity contribution in [1.29, 1.82) is 0 Å². The maximum atomic E-state index is 13.0. The smallest absolute Gasteiger partial charge is 0.321 e. The number of halogens is 4. The van der Waals surface area contributed by atoms with Crippen LogP contribution in [0.2, 0.25) is 0 Å². The van der Waals surface area contributed by atoms with Crippen LogP contribution in [0.3, 0.4) is 0 Å². The van der Waals surface area contributed by atoms with Crippen molar-refractivity contribution in [2.75, 3.05) is 30.1 Å². The van der Waals surface area contributed by atoms with E-state index in [0.29, 0.717) is 25.7 Å². The molecule has 5 atom stereocenters. The first kappa shape index (κ1) is 33.5. The number of esters is 5. The molecule has 212 valence electrons. The van der Waals surface area contributed by atoms with Gasteiger partial charge in [0.15, 0.2) is 12.2 Å². The van der Waals surface area contributed by atoms with Gasteiger partial charge in [-0.1, -0.05) is 26.7 Å². The van der Waals surface area contributed by atoms with Gasteiger partial charge in [0.2, 0.25) is 12.4 Å². The SMILES string of the molecule is CCCC(CCC)C(=O)O[C@@H]1O[C@H](COC(=O)CCl)[C@@H](OC(=O)CCl)[C@H](OC(=O)CCl)[C@H]1OC(=O)CCl. The molecule has 0 radical (unpaired) electrons. The van der Waals surface area contributed by atoms with Gasteiger partial charge in [0.25, 0.3) is 0 Å². The molecule has 0 saturated carbocycles. The van der Waals surface area contributed by atoms with Crippen molar-refractivity contribution in [1.82, 2.24) is 0 Å². The second-order valence-corrected chi connectivity index (χ2v) is 8.90. The Hall–Kier alpha value is -1.53. The molecule has 0 amide bonds. The summed E-state index contributed by atoms with van der Waals surface area (Å²) in [6, 6.07) is 0. The Morgan fingerprint density at radius 1 is 0.676 bits per heavy atom. The number of carbonyl (C=O) groups excluding carboxylic acids is 5. The van der Waals surface area contributed by atoms with Crippen LogP contribution in [-0.2, 0) is 52.4 Å². The van der Waals surface area contributed by atoms with E-state index in [1.54, 1.807) is 0 Å². The summed E-state index contributed by atoms with van der Waals surface area (Å²) in [6.07, 6.45) is -5.34. The van der Waals surface area contributed by atoms with Crippen LogP contribution in [-0.4, -0.2) is 90.7 Å². The molecule has 0 aromatic heterocycles. The fourth-order valence-corrected chi connectivity index (χ4v) is 3.83. The Kier molecular flexibility index (Phi) is 16.2. The van der Waals surface area contributed by atoms with Crippen LogP contribution in [0.25, 0.3) is 0 Å². The third-order valence-electron chi connectivity index (χ3n) is 5.08. The molecule has 1 fully saturated rings. The number of hydrogen-bond donors (Lipinski definition) is 0. The lowest BCUT2D eigenvalue weighted by atomic mass is 9.97. The van der Waals surface area contributed by atoms with E-state index in [0.717, 1.165) is 0 Å². The molecule has 0 bridgehead atoms. The van der Waals surface area contributed by atoms with Crippen LogP contribution < -0.4 is 0 Å². The highest BCUT2D eigenvalue weighted by Gasteiger charge is 2.54. The molecule has 1 aliphatic rings. The van der Waals surface area contributed by atoms with E-state index in [4.69, 9.17) is 74.8 Å². The van der Waals surface area contributed by atoms with Gasteiger partial charge < -0.3 is 28.4 Å². The quantitative estimate of drug-likeness (QED) is 0.153. The Bertz CT molecular complexity index is 776. The van der Waals surface area contributed by atoms with Crippen molar-refractivity contribution < 1.29 is 52.4 Å². The molecule has 15 heteroatoms. The zero-order chi connectivity index (χ0) is 28.0. The van der Waals surface area contributed by atoms with Crippen molar-refractivity contribution in [3.63, 3.8) is 0 Å². The first-order valence-corrected chi connectivity index (χ1v) is 13.6.